The van der Waals surface area contributed by atoms with Crippen LogP contribution in [0.1, 0.15) is 38.8 Å². The number of ether oxygens (including phenoxy) is 1. The van der Waals surface area contributed by atoms with Crippen LogP contribution in [-0.4, -0.2) is 12.6 Å². The van der Waals surface area contributed by atoms with E-state index in [0.717, 1.165) is 17.7 Å². The lowest BCUT2D eigenvalue weighted by atomic mass is 9.92. The lowest BCUT2D eigenvalue weighted by Crippen LogP contribution is -2.27. The number of hydrogen-bond acceptors (Lipinski definition) is 3. The molecule has 0 radical (unpaired) electrons. The van der Waals surface area contributed by atoms with Gasteiger partial charge in [-0.3, -0.25) is 0 Å². The Bertz CT molecular complexity index is 317. The zero-order valence-electron chi connectivity index (χ0n) is 11.0. The number of hydrogen-bond donors (Lipinski definition) is 2. The Morgan fingerprint density at radius 3 is 2.18 bits per heavy atom. The highest BCUT2D eigenvalue weighted by molar-refractivity contribution is 5.29. The van der Waals surface area contributed by atoms with Gasteiger partial charge in [0.25, 0.3) is 0 Å². The van der Waals surface area contributed by atoms with Gasteiger partial charge in [0.2, 0.25) is 0 Å². The standard InChI is InChI=1S/C14H24N2O/c1-4-11(9-15)14(16)12-5-7-13(8-6-12)17-10(2)3/h5-8,10-11,14H,4,9,15-16H2,1-3H3. The molecule has 0 saturated heterocycles. The Morgan fingerprint density at radius 1 is 1.18 bits per heavy atom. The van der Waals surface area contributed by atoms with Crippen LogP contribution in [0.2, 0.25) is 0 Å². The van der Waals surface area contributed by atoms with Gasteiger partial charge >= 0.3 is 0 Å². The molecule has 0 saturated carbocycles. The number of nitrogens with two attached hydrogens (primary N) is 2. The molecule has 0 bridgehead atoms. The van der Waals surface area contributed by atoms with Gasteiger partial charge in [-0.1, -0.05) is 25.5 Å². The Hall–Kier alpha value is -1.06. The molecule has 0 aliphatic carbocycles. The average Bonchev–Trinajstić information content (AvgIpc) is 2.30. The summed E-state index contributed by atoms with van der Waals surface area (Å²) in [5, 5.41) is 0. The molecule has 0 aliphatic rings. The molecule has 2 unspecified atom stereocenters. The molecule has 0 spiro atoms. The van der Waals surface area contributed by atoms with Crippen molar-refractivity contribution in [1.82, 2.24) is 0 Å². The average molecular weight is 236 g/mol. The van der Waals surface area contributed by atoms with Gasteiger partial charge in [-0.25, -0.2) is 0 Å². The van der Waals surface area contributed by atoms with Crippen LogP contribution in [0.15, 0.2) is 24.3 Å². The van der Waals surface area contributed by atoms with E-state index >= 15 is 0 Å². The molecule has 4 N–H and O–H groups in total. The predicted octanol–water partition coefficient (Wildman–Crippen LogP) is 2.46. The Labute approximate surface area is 104 Å². The highest BCUT2D eigenvalue weighted by atomic mass is 16.5. The first-order chi connectivity index (χ1) is 8.08. The third-order valence-electron chi connectivity index (χ3n) is 2.97. The van der Waals surface area contributed by atoms with Crippen LogP contribution in [0.25, 0.3) is 0 Å². The van der Waals surface area contributed by atoms with E-state index in [2.05, 4.69) is 6.92 Å². The molecule has 3 nitrogen and oxygen atoms in total. The molecule has 1 rings (SSSR count). The summed E-state index contributed by atoms with van der Waals surface area (Å²) in [5.41, 5.74) is 13.0. The summed E-state index contributed by atoms with van der Waals surface area (Å²) < 4.78 is 5.60. The van der Waals surface area contributed by atoms with Gasteiger partial charge in [-0.15, -0.1) is 0 Å². The van der Waals surface area contributed by atoms with E-state index < -0.39 is 0 Å². The second kappa shape index (κ2) is 6.62. The van der Waals surface area contributed by atoms with E-state index in [4.69, 9.17) is 16.2 Å². The van der Waals surface area contributed by atoms with Crippen molar-refractivity contribution in [1.29, 1.82) is 0 Å². The monoisotopic (exact) mass is 236 g/mol. The molecular weight excluding hydrogens is 212 g/mol. The molecule has 0 aromatic heterocycles. The zero-order chi connectivity index (χ0) is 12.8. The van der Waals surface area contributed by atoms with Crippen molar-refractivity contribution in [3.63, 3.8) is 0 Å². The van der Waals surface area contributed by atoms with Crippen molar-refractivity contribution >= 4 is 0 Å². The van der Waals surface area contributed by atoms with Crippen molar-refractivity contribution in [2.24, 2.45) is 17.4 Å². The summed E-state index contributed by atoms with van der Waals surface area (Å²) in [4.78, 5) is 0. The minimum absolute atomic E-state index is 0.0121. The Kier molecular flexibility index (Phi) is 5.45. The maximum Gasteiger partial charge on any atom is 0.119 e. The maximum absolute atomic E-state index is 6.19. The third kappa shape index (κ3) is 4.02. The van der Waals surface area contributed by atoms with Crippen molar-refractivity contribution < 1.29 is 4.74 Å². The van der Waals surface area contributed by atoms with Crippen molar-refractivity contribution in [3.8, 4) is 5.75 Å². The van der Waals surface area contributed by atoms with Gasteiger partial charge in [0.15, 0.2) is 0 Å². The molecule has 3 heteroatoms. The molecule has 1 aromatic carbocycles. The number of benzene rings is 1. The summed E-state index contributed by atoms with van der Waals surface area (Å²) in [5.74, 6) is 1.23. The maximum atomic E-state index is 6.19. The Morgan fingerprint density at radius 2 is 1.76 bits per heavy atom. The van der Waals surface area contributed by atoms with Crippen LogP contribution < -0.4 is 16.2 Å². The fraction of sp³-hybridized carbons (Fsp3) is 0.571. The van der Waals surface area contributed by atoms with Crippen LogP contribution in [0.3, 0.4) is 0 Å². The van der Waals surface area contributed by atoms with E-state index in [9.17, 15) is 0 Å². The molecule has 0 aliphatic heterocycles. The van der Waals surface area contributed by atoms with Gasteiger partial charge in [-0.2, -0.15) is 0 Å². The summed E-state index contributed by atoms with van der Waals surface area (Å²) >= 11 is 0. The lowest BCUT2D eigenvalue weighted by molar-refractivity contribution is 0.242. The largest absolute Gasteiger partial charge is 0.491 e. The fourth-order valence-electron chi connectivity index (χ4n) is 1.88. The zero-order valence-corrected chi connectivity index (χ0v) is 11.0. The molecule has 96 valence electrons. The van der Waals surface area contributed by atoms with Crippen LogP contribution in [0.4, 0.5) is 0 Å². The van der Waals surface area contributed by atoms with Crippen molar-refractivity contribution in [2.45, 2.75) is 39.3 Å². The molecule has 0 amide bonds. The first-order valence-electron chi connectivity index (χ1n) is 6.30. The Balaban J connectivity index is 2.72. The first kappa shape index (κ1) is 14.0. The van der Waals surface area contributed by atoms with E-state index in [1.807, 2.05) is 38.1 Å². The quantitative estimate of drug-likeness (QED) is 0.797. The number of rotatable bonds is 6. The van der Waals surface area contributed by atoms with Gasteiger partial charge in [0, 0.05) is 6.04 Å². The second-order valence-electron chi connectivity index (χ2n) is 4.67. The second-order valence-corrected chi connectivity index (χ2v) is 4.67. The van der Waals surface area contributed by atoms with Crippen LogP contribution >= 0.6 is 0 Å². The highest BCUT2D eigenvalue weighted by Crippen LogP contribution is 2.23. The minimum atomic E-state index is 0.0121. The van der Waals surface area contributed by atoms with E-state index in [-0.39, 0.29) is 12.1 Å². The molecule has 17 heavy (non-hydrogen) atoms. The minimum Gasteiger partial charge on any atom is -0.491 e. The molecule has 0 heterocycles. The highest BCUT2D eigenvalue weighted by Gasteiger charge is 2.16. The van der Waals surface area contributed by atoms with Crippen molar-refractivity contribution in [2.75, 3.05) is 6.54 Å². The van der Waals surface area contributed by atoms with Crippen molar-refractivity contribution in [3.05, 3.63) is 29.8 Å². The smallest absolute Gasteiger partial charge is 0.119 e. The molecular formula is C14H24N2O. The summed E-state index contributed by atoms with van der Waals surface area (Å²) in [6, 6.07) is 8.01. The van der Waals surface area contributed by atoms with Crippen LogP contribution in [0, 0.1) is 5.92 Å². The van der Waals surface area contributed by atoms with E-state index in [0.29, 0.717) is 12.5 Å². The first-order valence-corrected chi connectivity index (χ1v) is 6.30. The van der Waals surface area contributed by atoms with Gasteiger partial charge in [0.05, 0.1) is 6.10 Å². The SMILES string of the molecule is CCC(CN)C(N)c1ccc(OC(C)C)cc1. The normalized spacial score (nSPS) is 14.7. The summed E-state index contributed by atoms with van der Waals surface area (Å²) in [6.07, 6.45) is 1.20. The topological polar surface area (TPSA) is 61.3 Å². The summed E-state index contributed by atoms with van der Waals surface area (Å²) in [6.45, 7) is 6.78. The van der Waals surface area contributed by atoms with Gasteiger partial charge < -0.3 is 16.2 Å². The van der Waals surface area contributed by atoms with Crippen LogP contribution in [-0.2, 0) is 0 Å². The fourth-order valence-corrected chi connectivity index (χ4v) is 1.88. The van der Waals surface area contributed by atoms with Gasteiger partial charge in [-0.05, 0) is 44.0 Å². The lowest BCUT2D eigenvalue weighted by Gasteiger charge is -2.21. The van der Waals surface area contributed by atoms with E-state index in [1.165, 1.54) is 0 Å². The third-order valence-corrected chi connectivity index (χ3v) is 2.97. The van der Waals surface area contributed by atoms with Gasteiger partial charge in [0.1, 0.15) is 5.75 Å². The molecule has 2 atom stereocenters. The predicted molar refractivity (Wildman–Crippen MR) is 72.0 cm³/mol. The summed E-state index contributed by atoms with van der Waals surface area (Å²) in [7, 11) is 0. The molecule has 1 aromatic rings. The van der Waals surface area contributed by atoms with E-state index in [1.54, 1.807) is 0 Å². The molecule has 0 fully saturated rings. The van der Waals surface area contributed by atoms with Crippen LogP contribution in [0.5, 0.6) is 5.75 Å².